The lowest BCUT2D eigenvalue weighted by molar-refractivity contribution is -0.0813. The lowest BCUT2D eigenvalue weighted by Gasteiger charge is -2.58. The normalized spacial score (nSPS) is 35.8. The van der Waals surface area contributed by atoms with Crippen molar-refractivity contribution in [3.63, 3.8) is 0 Å². The first-order chi connectivity index (χ1) is 9.65. The van der Waals surface area contributed by atoms with E-state index in [2.05, 4.69) is 11.8 Å². The molecule has 0 aromatic heterocycles. The van der Waals surface area contributed by atoms with Gasteiger partial charge in [-0.05, 0) is 51.0 Å². The third kappa shape index (κ3) is 2.03. The van der Waals surface area contributed by atoms with Crippen LogP contribution in [0.3, 0.4) is 0 Å². The van der Waals surface area contributed by atoms with Gasteiger partial charge in [0.05, 0.1) is 0 Å². The van der Waals surface area contributed by atoms with E-state index in [1.165, 1.54) is 45.1 Å². The van der Waals surface area contributed by atoms with E-state index in [1.54, 1.807) is 0 Å². The van der Waals surface area contributed by atoms with E-state index in [0.29, 0.717) is 18.1 Å². The van der Waals surface area contributed by atoms with Gasteiger partial charge in [0.2, 0.25) is 0 Å². The number of hydrogen-bond donors (Lipinski definition) is 0. The molecule has 1 aliphatic carbocycles. The standard InChI is InChI=1S/C16H26N2O2/c1-12-7-16(8-12)10-17(11-16)15(19)20-9-14-5-4-13-3-2-6-18(13)14/h12-14H,2-11H2,1H3. The fraction of sp³-hybridized carbons (Fsp3) is 0.938. The van der Waals surface area contributed by atoms with Crippen LogP contribution < -0.4 is 0 Å². The van der Waals surface area contributed by atoms with Crippen LogP contribution in [0, 0.1) is 11.3 Å². The third-order valence-corrected chi connectivity index (χ3v) is 6.00. The fourth-order valence-electron chi connectivity index (χ4n) is 5.21. The first kappa shape index (κ1) is 12.9. The minimum atomic E-state index is -0.0715. The van der Waals surface area contributed by atoms with Gasteiger partial charge in [-0.3, -0.25) is 4.90 Å². The maximum Gasteiger partial charge on any atom is 0.409 e. The van der Waals surface area contributed by atoms with Crippen molar-refractivity contribution >= 4 is 6.09 Å². The molecule has 2 unspecified atom stereocenters. The molecule has 1 amide bonds. The van der Waals surface area contributed by atoms with Crippen LogP contribution in [0.5, 0.6) is 0 Å². The second kappa shape index (κ2) is 4.62. The maximum atomic E-state index is 12.1. The highest BCUT2D eigenvalue weighted by Gasteiger charge is 2.52. The molecule has 3 aliphatic heterocycles. The SMILES string of the molecule is CC1CC2(C1)CN(C(=O)OCC1CCC3CCCN31)C2. The highest BCUT2D eigenvalue weighted by atomic mass is 16.6. The van der Waals surface area contributed by atoms with Gasteiger partial charge >= 0.3 is 6.09 Å². The molecular formula is C16H26N2O2. The van der Waals surface area contributed by atoms with E-state index in [0.717, 1.165) is 25.0 Å². The highest BCUT2D eigenvalue weighted by Crippen LogP contribution is 2.51. The van der Waals surface area contributed by atoms with Crippen LogP contribution in [0.1, 0.15) is 45.4 Å². The number of carbonyl (C=O) groups is 1. The van der Waals surface area contributed by atoms with Crippen molar-refractivity contribution in [3.05, 3.63) is 0 Å². The summed E-state index contributed by atoms with van der Waals surface area (Å²) < 4.78 is 5.57. The molecule has 3 heterocycles. The van der Waals surface area contributed by atoms with Crippen LogP contribution in [0.15, 0.2) is 0 Å². The van der Waals surface area contributed by atoms with Crippen molar-refractivity contribution in [2.45, 2.75) is 57.5 Å². The molecule has 112 valence electrons. The molecular weight excluding hydrogens is 252 g/mol. The van der Waals surface area contributed by atoms with Crippen LogP contribution in [0.4, 0.5) is 4.79 Å². The summed E-state index contributed by atoms with van der Waals surface area (Å²) in [5.41, 5.74) is 0.478. The Morgan fingerprint density at radius 3 is 2.80 bits per heavy atom. The van der Waals surface area contributed by atoms with E-state index < -0.39 is 0 Å². The van der Waals surface area contributed by atoms with Crippen molar-refractivity contribution in [3.8, 4) is 0 Å². The van der Waals surface area contributed by atoms with Crippen LogP contribution in [-0.2, 0) is 4.74 Å². The molecule has 4 heteroatoms. The Labute approximate surface area is 121 Å². The van der Waals surface area contributed by atoms with E-state index >= 15 is 0 Å². The molecule has 4 nitrogen and oxygen atoms in total. The molecule has 4 aliphatic rings. The Balaban J connectivity index is 1.22. The summed E-state index contributed by atoms with van der Waals surface area (Å²) in [6.07, 6.45) is 7.70. The predicted octanol–water partition coefficient (Wildman–Crippen LogP) is 2.48. The van der Waals surface area contributed by atoms with E-state index in [1.807, 2.05) is 4.90 Å². The van der Waals surface area contributed by atoms with Crippen molar-refractivity contribution in [2.75, 3.05) is 26.2 Å². The van der Waals surface area contributed by atoms with Gasteiger partial charge in [-0.1, -0.05) is 6.92 Å². The maximum absolute atomic E-state index is 12.1. The van der Waals surface area contributed by atoms with Crippen LogP contribution >= 0.6 is 0 Å². The first-order valence-electron chi connectivity index (χ1n) is 8.33. The molecule has 3 saturated heterocycles. The van der Waals surface area contributed by atoms with Crippen LogP contribution in [0.25, 0.3) is 0 Å². The number of likely N-dealkylation sites (tertiary alicyclic amines) is 1. The average molecular weight is 278 g/mol. The monoisotopic (exact) mass is 278 g/mol. The summed E-state index contributed by atoms with van der Waals surface area (Å²) in [5, 5.41) is 0. The van der Waals surface area contributed by atoms with Gasteiger partial charge in [0.25, 0.3) is 0 Å². The molecule has 0 N–H and O–H groups in total. The molecule has 0 aromatic carbocycles. The van der Waals surface area contributed by atoms with Crippen molar-refractivity contribution in [1.29, 1.82) is 0 Å². The second-order valence-corrected chi connectivity index (χ2v) is 7.71. The van der Waals surface area contributed by atoms with Crippen molar-refractivity contribution in [2.24, 2.45) is 11.3 Å². The van der Waals surface area contributed by atoms with Crippen LogP contribution in [-0.4, -0.2) is 54.2 Å². The van der Waals surface area contributed by atoms with Gasteiger partial charge in [0.1, 0.15) is 6.61 Å². The zero-order chi connectivity index (χ0) is 13.7. The number of carbonyl (C=O) groups excluding carboxylic acids is 1. The van der Waals surface area contributed by atoms with E-state index in [-0.39, 0.29) is 6.09 Å². The van der Waals surface area contributed by atoms with E-state index in [4.69, 9.17) is 4.74 Å². The van der Waals surface area contributed by atoms with Gasteiger partial charge in [0, 0.05) is 30.6 Å². The fourth-order valence-corrected chi connectivity index (χ4v) is 5.21. The van der Waals surface area contributed by atoms with Crippen molar-refractivity contribution in [1.82, 2.24) is 9.80 Å². The molecule has 4 rings (SSSR count). The summed E-state index contributed by atoms with van der Waals surface area (Å²) in [6.45, 7) is 5.99. The predicted molar refractivity (Wildman–Crippen MR) is 76.5 cm³/mol. The Hall–Kier alpha value is -0.770. The minimum absolute atomic E-state index is 0.0715. The Morgan fingerprint density at radius 1 is 1.25 bits per heavy atom. The molecule has 0 bridgehead atoms. The van der Waals surface area contributed by atoms with Gasteiger partial charge in [0.15, 0.2) is 0 Å². The largest absolute Gasteiger partial charge is 0.448 e. The summed E-state index contributed by atoms with van der Waals surface area (Å²) in [4.78, 5) is 16.5. The Kier molecular flexibility index (Phi) is 2.99. The number of fused-ring (bicyclic) bond motifs is 1. The van der Waals surface area contributed by atoms with Gasteiger partial charge in [-0.15, -0.1) is 0 Å². The Morgan fingerprint density at radius 2 is 2.05 bits per heavy atom. The molecule has 4 fully saturated rings. The smallest absolute Gasteiger partial charge is 0.409 e. The summed E-state index contributed by atoms with van der Waals surface area (Å²) >= 11 is 0. The molecule has 1 spiro atoms. The van der Waals surface area contributed by atoms with Crippen LogP contribution in [0.2, 0.25) is 0 Å². The molecule has 0 radical (unpaired) electrons. The zero-order valence-electron chi connectivity index (χ0n) is 12.5. The lowest BCUT2D eigenvalue weighted by Crippen LogP contribution is -2.63. The second-order valence-electron chi connectivity index (χ2n) is 7.71. The van der Waals surface area contributed by atoms with Crippen molar-refractivity contribution < 1.29 is 9.53 Å². The quantitative estimate of drug-likeness (QED) is 0.778. The van der Waals surface area contributed by atoms with Gasteiger partial charge in [-0.25, -0.2) is 4.79 Å². The lowest BCUT2D eigenvalue weighted by atomic mass is 9.58. The topological polar surface area (TPSA) is 32.8 Å². The average Bonchev–Trinajstić information content (AvgIpc) is 2.92. The Bertz CT molecular complexity index is 397. The molecule has 2 atom stereocenters. The molecule has 1 saturated carbocycles. The van der Waals surface area contributed by atoms with E-state index in [9.17, 15) is 4.79 Å². The third-order valence-electron chi connectivity index (χ3n) is 6.00. The summed E-state index contributed by atoms with van der Waals surface area (Å²) in [5.74, 6) is 0.860. The van der Waals surface area contributed by atoms with Gasteiger partial charge < -0.3 is 9.64 Å². The number of rotatable bonds is 2. The highest BCUT2D eigenvalue weighted by molar-refractivity contribution is 5.69. The number of amides is 1. The number of hydrogen-bond acceptors (Lipinski definition) is 3. The van der Waals surface area contributed by atoms with Gasteiger partial charge in [-0.2, -0.15) is 0 Å². The minimum Gasteiger partial charge on any atom is -0.448 e. The molecule has 0 aromatic rings. The number of ether oxygens (including phenoxy) is 1. The zero-order valence-corrected chi connectivity index (χ0v) is 12.5. The summed E-state index contributed by atoms with van der Waals surface area (Å²) in [6, 6.07) is 1.27. The number of nitrogens with zero attached hydrogens (tertiary/aromatic N) is 2. The molecule has 20 heavy (non-hydrogen) atoms. The first-order valence-corrected chi connectivity index (χ1v) is 8.33. The summed E-state index contributed by atoms with van der Waals surface area (Å²) in [7, 11) is 0.